The summed E-state index contributed by atoms with van der Waals surface area (Å²) in [4.78, 5) is -0.260. The Morgan fingerprint density at radius 1 is 1.14 bits per heavy atom. The van der Waals surface area contributed by atoms with E-state index in [9.17, 15) is 8.42 Å². The fourth-order valence-electron chi connectivity index (χ4n) is 1.58. The number of anilines is 1. The van der Waals surface area contributed by atoms with Gasteiger partial charge in [0.2, 0.25) is 0 Å². The van der Waals surface area contributed by atoms with Crippen molar-refractivity contribution in [2.24, 2.45) is 0 Å². The Balaban J connectivity index is 2.38. The highest BCUT2D eigenvalue weighted by atomic mass is 35.5. The van der Waals surface area contributed by atoms with Crippen molar-refractivity contribution >= 4 is 50.6 Å². The molecule has 2 rings (SSSR count). The largest absolute Gasteiger partial charge is 0.359 e. The smallest absolute Gasteiger partial charge is 0.266 e. The summed E-state index contributed by atoms with van der Waals surface area (Å²) in [6, 6.07) is 4.09. The van der Waals surface area contributed by atoms with E-state index >= 15 is 0 Å². The van der Waals surface area contributed by atoms with Crippen molar-refractivity contribution in [1.82, 2.24) is 5.16 Å². The van der Waals surface area contributed by atoms with E-state index in [1.165, 1.54) is 18.2 Å². The third-order valence-electron chi connectivity index (χ3n) is 2.57. The number of nitrogens with zero attached hydrogens (tertiary/aromatic N) is 1. The molecule has 0 unspecified atom stereocenters. The van der Waals surface area contributed by atoms with Gasteiger partial charge in [-0.05, 0) is 12.1 Å². The number of rotatable bonds is 4. The van der Waals surface area contributed by atoms with E-state index in [2.05, 4.69) is 9.88 Å². The molecule has 2 aromatic rings. The third kappa shape index (κ3) is 3.63. The summed E-state index contributed by atoms with van der Waals surface area (Å²) in [6.45, 7) is 3.79. The molecule has 0 aliphatic heterocycles. The van der Waals surface area contributed by atoms with Crippen LogP contribution in [0.2, 0.25) is 15.1 Å². The van der Waals surface area contributed by atoms with Crippen LogP contribution in [0.1, 0.15) is 25.5 Å². The van der Waals surface area contributed by atoms with Crippen molar-refractivity contribution in [2.75, 3.05) is 4.72 Å². The average Bonchev–Trinajstić information content (AvgIpc) is 2.74. The first kappa shape index (κ1) is 16.4. The summed E-state index contributed by atoms with van der Waals surface area (Å²) in [5.41, 5.74) is 0. The molecular weight excluding hydrogens is 359 g/mol. The minimum atomic E-state index is -4.00. The number of sulfonamides is 1. The zero-order valence-corrected chi connectivity index (χ0v) is 14.1. The van der Waals surface area contributed by atoms with E-state index in [4.69, 9.17) is 39.3 Å². The maximum Gasteiger partial charge on any atom is 0.266 e. The normalized spacial score (nSPS) is 11.9. The lowest BCUT2D eigenvalue weighted by atomic mass is 10.2. The van der Waals surface area contributed by atoms with Gasteiger partial charge in [0.25, 0.3) is 10.0 Å². The predicted octanol–water partition coefficient (Wildman–Crippen LogP) is 4.56. The highest BCUT2D eigenvalue weighted by Crippen LogP contribution is 2.33. The number of benzene rings is 1. The topological polar surface area (TPSA) is 72.2 Å². The Labute approximate surface area is 137 Å². The van der Waals surface area contributed by atoms with Crippen molar-refractivity contribution in [3.05, 3.63) is 39.0 Å². The first-order chi connectivity index (χ1) is 9.70. The quantitative estimate of drug-likeness (QED) is 0.857. The Morgan fingerprint density at radius 2 is 1.71 bits per heavy atom. The van der Waals surface area contributed by atoms with Crippen molar-refractivity contribution in [1.29, 1.82) is 0 Å². The second kappa shape index (κ2) is 6.04. The minimum Gasteiger partial charge on any atom is -0.359 e. The summed E-state index contributed by atoms with van der Waals surface area (Å²) in [5.74, 6) is 0.695. The number of nitrogens with one attached hydrogen (secondary N) is 1. The standard InChI is InChI=1S/C12H11Cl3N2O3S/c1-6(2)10-5-11(16-20-10)17-21(18,19)12-8(14)3-7(13)4-9(12)15/h3-6H,1-2H3,(H,16,17). The predicted molar refractivity (Wildman–Crippen MR) is 82.9 cm³/mol. The summed E-state index contributed by atoms with van der Waals surface area (Å²) in [6.07, 6.45) is 0. The molecule has 0 aliphatic rings. The zero-order chi connectivity index (χ0) is 15.8. The second-order valence-electron chi connectivity index (χ2n) is 4.57. The number of halogens is 3. The van der Waals surface area contributed by atoms with Crippen molar-refractivity contribution in [2.45, 2.75) is 24.7 Å². The lowest BCUT2D eigenvalue weighted by Crippen LogP contribution is -2.14. The van der Waals surface area contributed by atoms with E-state index in [-0.39, 0.29) is 31.7 Å². The highest BCUT2D eigenvalue weighted by molar-refractivity contribution is 7.93. The highest BCUT2D eigenvalue weighted by Gasteiger charge is 2.24. The lowest BCUT2D eigenvalue weighted by molar-refractivity contribution is 0.373. The molecule has 0 bridgehead atoms. The molecule has 0 radical (unpaired) electrons. The second-order valence-corrected chi connectivity index (χ2v) is 7.44. The molecule has 1 aromatic heterocycles. The molecule has 0 saturated carbocycles. The molecule has 5 nitrogen and oxygen atoms in total. The van der Waals surface area contributed by atoms with Crippen LogP contribution in [-0.4, -0.2) is 13.6 Å². The van der Waals surface area contributed by atoms with Crippen LogP contribution in [0, 0.1) is 0 Å². The molecule has 0 aliphatic carbocycles. The molecule has 21 heavy (non-hydrogen) atoms. The van der Waals surface area contributed by atoms with E-state index in [0.717, 1.165) is 0 Å². The molecule has 114 valence electrons. The Hall–Kier alpha value is -0.950. The van der Waals surface area contributed by atoms with Gasteiger partial charge >= 0.3 is 0 Å². The van der Waals surface area contributed by atoms with Crippen LogP contribution < -0.4 is 4.72 Å². The summed E-state index contributed by atoms with van der Waals surface area (Å²) < 4.78 is 31.9. The van der Waals surface area contributed by atoms with E-state index in [1.54, 1.807) is 0 Å². The van der Waals surface area contributed by atoms with Gasteiger partial charge in [0.1, 0.15) is 10.7 Å². The van der Waals surface area contributed by atoms with Crippen molar-refractivity contribution in [3.8, 4) is 0 Å². The first-order valence-corrected chi connectivity index (χ1v) is 8.46. The van der Waals surface area contributed by atoms with Gasteiger partial charge in [-0.1, -0.05) is 53.8 Å². The van der Waals surface area contributed by atoms with Gasteiger partial charge in [0.15, 0.2) is 5.82 Å². The van der Waals surface area contributed by atoms with Crippen LogP contribution in [0.15, 0.2) is 27.6 Å². The van der Waals surface area contributed by atoms with Crippen LogP contribution in [-0.2, 0) is 10.0 Å². The van der Waals surface area contributed by atoms with Crippen LogP contribution >= 0.6 is 34.8 Å². The fourth-order valence-corrected chi connectivity index (χ4v) is 4.12. The fraction of sp³-hybridized carbons (Fsp3) is 0.250. The van der Waals surface area contributed by atoms with Gasteiger partial charge in [0, 0.05) is 17.0 Å². The van der Waals surface area contributed by atoms with Gasteiger partial charge in [-0.3, -0.25) is 4.72 Å². The van der Waals surface area contributed by atoms with Gasteiger partial charge in [-0.25, -0.2) is 8.42 Å². The third-order valence-corrected chi connectivity index (χ3v) is 5.06. The molecule has 0 saturated heterocycles. The lowest BCUT2D eigenvalue weighted by Gasteiger charge is -2.09. The maximum atomic E-state index is 12.3. The van der Waals surface area contributed by atoms with E-state index in [0.29, 0.717) is 5.76 Å². The van der Waals surface area contributed by atoms with E-state index in [1.807, 2.05) is 13.8 Å². The molecule has 0 spiro atoms. The SMILES string of the molecule is CC(C)c1cc(NS(=O)(=O)c2c(Cl)cc(Cl)cc2Cl)no1. The van der Waals surface area contributed by atoms with Crippen LogP contribution in [0.25, 0.3) is 0 Å². The summed E-state index contributed by atoms with van der Waals surface area (Å²) in [5, 5.41) is 3.74. The molecule has 0 amide bonds. The van der Waals surface area contributed by atoms with Crippen molar-refractivity contribution < 1.29 is 12.9 Å². The zero-order valence-electron chi connectivity index (χ0n) is 11.0. The molecule has 0 atom stereocenters. The number of hydrogen-bond donors (Lipinski definition) is 1. The van der Waals surface area contributed by atoms with Crippen molar-refractivity contribution in [3.63, 3.8) is 0 Å². The average molecular weight is 370 g/mol. The number of hydrogen-bond acceptors (Lipinski definition) is 4. The molecule has 1 aromatic carbocycles. The Bertz CT molecular complexity index is 749. The van der Waals surface area contributed by atoms with Crippen LogP contribution in [0.5, 0.6) is 0 Å². The van der Waals surface area contributed by atoms with Gasteiger partial charge < -0.3 is 4.52 Å². The molecule has 0 fully saturated rings. The summed E-state index contributed by atoms with van der Waals surface area (Å²) >= 11 is 17.6. The monoisotopic (exact) mass is 368 g/mol. The molecule has 9 heteroatoms. The summed E-state index contributed by atoms with van der Waals surface area (Å²) in [7, 11) is -4.00. The Morgan fingerprint density at radius 3 is 2.19 bits per heavy atom. The van der Waals surface area contributed by atoms with Gasteiger partial charge in [-0.15, -0.1) is 0 Å². The molecule has 1 heterocycles. The number of aromatic nitrogens is 1. The first-order valence-electron chi connectivity index (χ1n) is 5.84. The Kier molecular flexibility index (Phi) is 4.72. The maximum absolute atomic E-state index is 12.3. The van der Waals surface area contributed by atoms with Gasteiger partial charge in [-0.2, -0.15) is 0 Å². The minimum absolute atomic E-state index is 0.0563. The molecular formula is C12H11Cl3N2O3S. The van der Waals surface area contributed by atoms with Crippen LogP contribution in [0.3, 0.4) is 0 Å². The molecule has 1 N–H and O–H groups in total. The van der Waals surface area contributed by atoms with Crippen LogP contribution in [0.4, 0.5) is 5.82 Å². The van der Waals surface area contributed by atoms with E-state index < -0.39 is 10.0 Å². The van der Waals surface area contributed by atoms with Gasteiger partial charge in [0.05, 0.1) is 10.0 Å².